The van der Waals surface area contributed by atoms with Crippen molar-refractivity contribution in [1.29, 1.82) is 0 Å². The number of benzene rings is 1. The van der Waals surface area contributed by atoms with E-state index in [2.05, 4.69) is 4.74 Å². The van der Waals surface area contributed by atoms with E-state index in [0.29, 0.717) is 0 Å². The predicted molar refractivity (Wildman–Crippen MR) is 61.2 cm³/mol. The summed E-state index contributed by atoms with van der Waals surface area (Å²) in [7, 11) is 1.09. The van der Waals surface area contributed by atoms with Gasteiger partial charge in [0.05, 0.1) is 19.3 Å². The molecule has 7 heteroatoms. The lowest BCUT2D eigenvalue weighted by Gasteiger charge is -2.24. The molecule has 0 radical (unpaired) electrons. The molecule has 1 aromatic carbocycles. The number of esters is 1. The first-order valence-corrected chi connectivity index (χ1v) is 5.37. The van der Waals surface area contributed by atoms with Gasteiger partial charge in [0, 0.05) is 6.42 Å². The Kier molecular flexibility index (Phi) is 4.54. The van der Waals surface area contributed by atoms with Gasteiger partial charge >= 0.3 is 12.1 Å². The molecule has 106 valence electrons. The molecule has 0 saturated carbocycles. The van der Waals surface area contributed by atoms with Gasteiger partial charge in [0.2, 0.25) is 0 Å². The van der Waals surface area contributed by atoms with Crippen LogP contribution in [0.15, 0.2) is 24.3 Å². The highest BCUT2D eigenvalue weighted by Crippen LogP contribution is 2.30. The highest BCUT2D eigenvalue weighted by molar-refractivity contribution is 5.81. The van der Waals surface area contributed by atoms with Crippen molar-refractivity contribution in [2.45, 2.75) is 18.1 Å². The zero-order chi connectivity index (χ0) is 14.7. The number of nitrogens with two attached hydrogens (primary N) is 1. The second kappa shape index (κ2) is 5.58. The highest BCUT2D eigenvalue weighted by atomic mass is 19.4. The summed E-state index contributed by atoms with van der Waals surface area (Å²) in [5.41, 5.74) is 3.24. The van der Waals surface area contributed by atoms with Crippen molar-refractivity contribution < 1.29 is 27.8 Å². The zero-order valence-corrected chi connectivity index (χ0v) is 10.2. The second-order valence-corrected chi connectivity index (χ2v) is 4.18. The Hall–Kier alpha value is -1.60. The summed E-state index contributed by atoms with van der Waals surface area (Å²) in [6, 6.07) is 4.42. The number of rotatable bonds is 4. The Bertz CT molecular complexity index is 462. The first-order chi connectivity index (χ1) is 8.73. The summed E-state index contributed by atoms with van der Waals surface area (Å²) in [4.78, 5) is 11.4. The molecular weight excluding hydrogens is 263 g/mol. The molecule has 19 heavy (non-hydrogen) atoms. The van der Waals surface area contributed by atoms with E-state index in [1.165, 1.54) is 12.1 Å². The lowest BCUT2D eigenvalue weighted by molar-refractivity contribution is -0.148. The number of aliphatic hydroxyl groups excluding tert-OH is 1. The third-order valence-corrected chi connectivity index (χ3v) is 2.65. The molecule has 0 amide bonds. The fraction of sp³-hybridized carbons (Fsp3) is 0.417. The van der Waals surface area contributed by atoms with Gasteiger partial charge in [0.1, 0.15) is 5.54 Å². The van der Waals surface area contributed by atoms with Crippen LogP contribution in [0.1, 0.15) is 11.1 Å². The van der Waals surface area contributed by atoms with Crippen LogP contribution in [0.25, 0.3) is 0 Å². The summed E-state index contributed by atoms with van der Waals surface area (Å²) in [6.07, 6.45) is -4.72. The van der Waals surface area contributed by atoms with Crippen molar-refractivity contribution >= 4 is 5.97 Å². The van der Waals surface area contributed by atoms with Crippen LogP contribution in [-0.4, -0.2) is 30.3 Å². The summed E-state index contributed by atoms with van der Waals surface area (Å²) < 4.78 is 42.0. The summed E-state index contributed by atoms with van der Waals surface area (Å²) in [5, 5.41) is 9.13. The molecule has 0 spiro atoms. The van der Waals surface area contributed by atoms with Gasteiger partial charge in [-0.3, -0.25) is 0 Å². The standard InChI is InChI=1S/C12H14F3NO3/c1-19-10(18)11(16,7-17)6-8-3-2-4-9(5-8)12(13,14)15/h2-5,17H,6-7,16H2,1H3/t11-/m0/s1. The zero-order valence-electron chi connectivity index (χ0n) is 10.2. The number of hydrogen-bond donors (Lipinski definition) is 2. The maximum atomic E-state index is 12.5. The monoisotopic (exact) mass is 277 g/mol. The summed E-state index contributed by atoms with van der Waals surface area (Å²) in [6.45, 7) is -0.726. The number of ether oxygens (including phenoxy) is 1. The largest absolute Gasteiger partial charge is 0.468 e. The van der Waals surface area contributed by atoms with E-state index in [4.69, 9.17) is 10.8 Å². The third kappa shape index (κ3) is 3.68. The Morgan fingerprint density at radius 2 is 2.05 bits per heavy atom. The quantitative estimate of drug-likeness (QED) is 0.809. The smallest absolute Gasteiger partial charge is 0.416 e. The van der Waals surface area contributed by atoms with Gasteiger partial charge in [-0.05, 0) is 11.6 Å². The lowest BCUT2D eigenvalue weighted by atomic mass is 9.92. The van der Waals surface area contributed by atoms with Crippen LogP contribution in [0.4, 0.5) is 13.2 Å². The average molecular weight is 277 g/mol. The number of carbonyl (C=O) groups excluding carboxylic acids is 1. The molecule has 0 aliphatic carbocycles. The van der Waals surface area contributed by atoms with Crippen LogP contribution >= 0.6 is 0 Å². The van der Waals surface area contributed by atoms with Crippen molar-refractivity contribution in [3.05, 3.63) is 35.4 Å². The van der Waals surface area contributed by atoms with E-state index < -0.39 is 29.9 Å². The molecule has 0 unspecified atom stereocenters. The number of hydrogen-bond acceptors (Lipinski definition) is 4. The van der Waals surface area contributed by atoms with Gasteiger partial charge in [-0.15, -0.1) is 0 Å². The second-order valence-electron chi connectivity index (χ2n) is 4.18. The van der Waals surface area contributed by atoms with E-state index >= 15 is 0 Å². The third-order valence-electron chi connectivity index (χ3n) is 2.65. The molecule has 1 aromatic rings. The summed E-state index contributed by atoms with van der Waals surface area (Å²) >= 11 is 0. The molecular formula is C12H14F3NO3. The van der Waals surface area contributed by atoms with Gasteiger partial charge < -0.3 is 15.6 Å². The van der Waals surface area contributed by atoms with Crippen molar-refractivity contribution in [1.82, 2.24) is 0 Å². The Balaban J connectivity index is 3.02. The first-order valence-electron chi connectivity index (χ1n) is 5.37. The van der Waals surface area contributed by atoms with Crippen LogP contribution < -0.4 is 5.73 Å². The Morgan fingerprint density at radius 3 is 2.53 bits per heavy atom. The van der Waals surface area contributed by atoms with Crippen LogP contribution in [0.5, 0.6) is 0 Å². The molecule has 4 nitrogen and oxygen atoms in total. The van der Waals surface area contributed by atoms with Crippen molar-refractivity contribution in [2.75, 3.05) is 13.7 Å². The Morgan fingerprint density at radius 1 is 1.42 bits per heavy atom. The molecule has 0 heterocycles. The van der Waals surface area contributed by atoms with Crippen LogP contribution in [0.2, 0.25) is 0 Å². The van der Waals surface area contributed by atoms with E-state index in [1.54, 1.807) is 0 Å². The van der Waals surface area contributed by atoms with E-state index in [1.807, 2.05) is 0 Å². The normalized spacial score (nSPS) is 14.8. The SMILES string of the molecule is COC(=O)[C@@](N)(CO)Cc1cccc(C(F)(F)F)c1. The van der Waals surface area contributed by atoms with Gasteiger partial charge in [0.15, 0.2) is 0 Å². The van der Waals surface area contributed by atoms with Crippen LogP contribution in [0, 0.1) is 0 Å². The minimum absolute atomic E-state index is 0.191. The van der Waals surface area contributed by atoms with E-state index in [0.717, 1.165) is 19.2 Å². The topological polar surface area (TPSA) is 72.5 Å². The minimum Gasteiger partial charge on any atom is -0.468 e. The van der Waals surface area contributed by atoms with Crippen LogP contribution in [0.3, 0.4) is 0 Å². The summed E-state index contributed by atoms with van der Waals surface area (Å²) in [5.74, 6) is -0.882. The lowest BCUT2D eigenvalue weighted by Crippen LogP contribution is -2.53. The number of carbonyl (C=O) groups is 1. The van der Waals surface area contributed by atoms with Crippen molar-refractivity contribution in [3.8, 4) is 0 Å². The molecule has 1 atom stereocenters. The predicted octanol–water partition coefficient (Wildman–Crippen LogP) is 1.11. The molecule has 1 rings (SSSR count). The number of aliphatic hydroxyl groups is 1. The number of alkyl halides is 3. The minimum atomic E-state index is -4.47. The van der Waals surface area contributed by atoms with Gasteiger partial charge in [0.25, 0.3) is 0 Å². The van der Waals surface area contributed by atoms with Gasteiger partial charge in [-0.1, -0.05) is 18.2 Å². The highest BCUT2D eigenvalue weighted by Gasteiger charge is 2.36. The number of halogens is 3. The molecule has 0 aromatic heterocycles. The fourth-order valence-corrected chi connectivity index (χ4v) is 1.62. The van der Waals surface area contributed by atoms with E-state index in [-0.39, 0.29) is 12.0 Å². The maximum Gasteiger partial charge on any atom is 0.416 e. The van der Waals surface area contributed by atoms with Crippen molar-refractivity contribution in [2.24, 2.45) is 5.73 Å². The number of methoxy groups -OCH3 is 1. The maximum absolute atomic E-state index is 12.5. The molecule has 0 aliphatic heterocycles. The fourth-order valence-electron chi connectivity index (χ4n) is 1.62. The molecule has 0 saturated heterocycles. The average Bonchev–Trinajstić information content (AvgIpc) is 2.36. The van der Waals surface area contributed by atoms with E-state index in [9.17, 15) is 18.0 Å². The molecule has 0 aliphatic rings. The molecule has 3 N–H and O–H groups in total. The first kappa shape index (κ1) is 15.5. The van der Waals surface area contributed by atoms with Crippen molar-refractivity contribution in [3.63, 3.8) is 0 Å². The molecule has 0 fully saturated rings. The van der Waals surface area contributed by atoms with Crippen LogP contribution in [-0.2, 0) is 22.1 Å². The Labute approximate surface area is 108 Å². The molecule has 0 bridgehead atoms. The van der Waals surface area contributed by atoms with Gasteiger partial charge in [-0.25, -0.2) is 4.79 Å². The van der Waals surface area contributed by atoms with Gasteiger partial charge in [-0.2, -0.15) is 13.2 Å².